The number of hydrogen-bond donors (Lipinski definition) is 0. The van der Waals surface area contributed by atoms with E-state index >= 15 is 0 Å². The molecule has 0 N–H and O–H groups in total. The molecule has 1 aliphatic rings. The van der Waals surface area contributed by atoms with E-state index in [-0.39, 0.29) is 11.8 Å². The standard InChI is InChI=1S/C15H19NO2/c1-2-3-4-6-9-13-12-16(15(13)17)18-14-10-7-5-8-11-14/h2,5,7-8,10-11,13H,1,3-4,6,9,12H2/t13-/m1/s1. The predicted octanol–water partition coefficient (Wildman–Crippen LogP) is 3.19. The van der Waals surface area contributed by atoms with Crippen molar-refractivity contribution in [2.45, 2.75) is 25.7 Å². The minimum atomic E-state index is 0.109. The Balaban J connectivity index is 1.70. The van der Waals surface area contributed by atoms with Crippen LogP contribution in [0.15, 0.2) is 43.0 Å². The van der Waals surface area contributed by atoms with Crippen LogP contribution in [0.3, 0.4) is 0 Å². The fourth-order valence-electron chi connectivity index (χ4n) is 2.04. The highest BCUT2D eigenvalue weighted by atomic mass is 16.7. The maximum absolute atomic E-state index is 11.8. The smallest absolute Gasteiger partial charge is 0.260 e. The fourth-order valence-corrected chi connectivity index (χ4v) is 2.04. The van der Waals surface area contributed by atoms with Gasteiger partial charge < -0.3 is 4.84 Å². The van der Waals surface area contributed by atoms with E-state index in [4.69, 9.17) is 4.84 Å². The number of nitrogens with zero attached hydrogens (tertiary/aromatic N) is 1. The second-order valence-corrected chi connectivity index (χ2v) is 4.57. The first-order chi connectivity index (χ1) is 8.81. The first-order valence-corrected chi connectivity index (χ1v) is 6.46. The van der Waals surface area contributed by atoms with Crippen molar-refractivity contribution in [2.24, 2.45) is 5.92 Å². The van der Waals surface area contributed by atoms with Crippen LogP contribution in [-0.2, 0) is 4.79 Å². The average Bonchev–Trinajstić information content (AvgIpc) is 2.42. The maximum atomic E-state index is 11.8. The van der Waals surface area contributed by atoms with Crippen LogP contribution >= 0.6 is 0 Å². The van der Waals surface area contributed by atoms with Crippen molar-refractivity contribution < 1.29 is 9.63 Å². The highest BCUT2D eigenvalue weighted by Crippen LogP contribution is 2.25. The van der Waals surface area contributed by atoms with Gasteiger partial charge in [0.2, 0.25) is 0 Å². The molecule has 1 aliphatic heterocycles. The Morgan fingerprint density at radius 2 is 2.11 bits per heavy atom. The van der Waals surface area contributed by atoms with Crippen LogP contribution in [0.2, 0.25) is 0 Å². The minimum absolute atomic E-state index is 0.109. The SMILES string of the molecule is C=CCCCC[C@@H]1CN(Oc2ccccc2)C1=O. The zero-order valence-electron chi connectivity index (χ0n) is 10.5. The molecule has 1 aromatic rings. The van der Waals surface area contributed by atoms with Gasteiger partial charge >= 0.3 is 0 Å². The molecule has 0 spiro atoms. The summed E-state index contributed by atoms with van der Waals surface area (Å²) < 4.78 is 0. The van der Waals surface area contributed by atoms with Gasteiger partial charge in [0.25, 0.3) is 5.91 Å². The Kier molecular flexibility index (Phi) is 4.40. The van der Waals surface area contributed by atoms with Crippen LogP contribution in [0.5, 0.6) is 5.75 Å². The Morgan fingerprint density at radius 3 is 2.78 bits per heavy atom. The first-order valence-electron chi connectivity index (χ1n) is 6.46. The van der Waals surface area contributed by atoms with E-state index in [0.29, 0.717) is 6.54 Å². The molecule has 0 bridgehead atoms. The number of β-lactam (4-membered cyclic amide) rings is 1. The summed E-state index contributed by atoms with van der Waals surface area (Å²) >= 11 is 0. The van der Waals surface area contributed by atoms with Gasteiger partial charge in [-0.05, 0) is 31.4 Å². The molecule has 1 heterocycles. The van der Waals surface area contributed by atoms with Gasteiger partial charge in [-0.1, -0.05) is 30.7 Å². The summed E-state index contributed by atoms with van der Waals surface area (Å²) in [5.41, 5.74) is 0. The van der Waals surface area contributed by atoms with Gasteiger partial charge in [0.1, 0.15) is 0 Å². The number of benzene rings is 1. The minimum Gasteiger partial charge on any atom is -0.377 e. The van der Waals surface area contributed by atoms with Crippen LogP contribution in [0, 0.1) is 5.92 Å². The van der Waals surface area contributed by atoms with Gasteiger partial charge in [-0.3, -0.25) is 4.79 Å². The molecule has 0 aromatic heterocycles. The monoisotopic (exact) mass is 245 g/mol. The summed E-state index contributed by atoms with van der Waals surface area (Å²) in [7, 11) is 0. The number of para-hydroxylation sites is 1. The van der Waals surface area contributed by atoms with Crippen molar-refractivity contribution in [3.63, 3.8) is 0 Å². The Labute approximate surface area is 108 Å². The Morgan fingerprint density at radius 1 is 1.33 bits per heavy atom. The van der Waals surface area contributed by atoms with Crippen molar-refractivity contribution in [2.75, 3.05) is 6.54 Å². The van der Waals surface area contributed by atoms with Gasteiger partial charge in [0, 0.05) is 0 Å². The zero-order valence-corrected chi connectivity index (χ0v) is 10.5. The molecule has 1 amide bonds. The number of unbranched alkanes of at least 4 members (excludes halogenated alkanes) is 2. The summed E-state index contributed by atoms with van der Waals surface area (Å²) in [5.74, 6) is 0.979. The molecule has 0 radical (unpaired) electrons. The lowest BCUT2D eigenvalue weighted by atomic mass is 9.94. The fraction of sp³-hybridized carbons (Fsp3) is 0.400. The number of hydroxylamine groups is 2. The van der Waals surface area contributed by atoms with E-state index < -0.39 is 0 Å². The summed E-state index contributed by atoms with van der Waals surface area (Å²) in [4.78, 5) is 17.3. The largest absolute Gasteiger partial charge is 0.377 e. The third kappa shape index (κ3) is 3.13. The lowest BCUT2D eigenvalue weighted by molar-refractivity contribution is -0.187. The highest BCUT2D eigenvalue weighted by Gasteiger charge is 2.38. The molecule has 1 saturated heterocycles. The van der Waals surface area contributed by atoms with Crippen LogP contribution in [0.1, 0.15) is 25.7 Å². The van der Waals surface area contributed by atoms with Crippen molar-refractivity contribution in [1.29, 1.82) is 0 Å². The molecule has 0 aliphatic carbocycles. The molecule has 18 heavy (non-hydrogen) atoms. The van der Waals surface area contributed by atoms with Gasteiger partial charge in [-0.2, -0.15) is 5.06 Å². The molecule has 3 heteroatoms. The van der Waals surface area contributed by atoms with Crippen LogP contribution in [-0.4, -0.2) is 17.5 Å². The highest BCUT2D eigenvalue weighted by molar-refractivity contribution is 5.83. The summed E-state index contributed by atoms with van der Waals surface area (Å²) in [5, 5.41) is 1.45. The van der Waals surface area contributed by atoms with E-state index in [9.17, 15) is 4.79 Å². The van der Waals surface area contributed by atoms with Crippen LogP contribution in [0.25, 0.3) is 0 Å². The van der Waals surface area contributed by atoms with Gasteiger partial charge in [-0.25, -0.2) is 0 Å². The van der Waals surface area contributed by atoms with Gasteiger partial charge in [0.15, 0.2) is 5.75 Å². The van der Waals surface area contributed by atoms with Crippen molar-refractivity contribution in [3.8, 4) is 5.75 Å². The average molecular weight is 245 g/mol. The maximum Gasteiger partial charge on any atom is 0.260 e. The molecular weight excluding hydrogens is 226 g/mol. The predicted molar refractivity (Wildman–Crippen MR) is 70.9 cm³/mol. The lowest BCUT2D eigenvalue weighted by Gasteiger charge is -2.36. The number of rotatable bonds is 7. The molecule has 0 saturated carbocycles. The number of amides is 1. The first kappa shape index (κ1) is 12.7. The second kappa shape index (κ2) is 6.24. The number of carbonyl (C=O) groups is 1. The quantitative estimate of drug-likeness (QED) is 0.419. The molecule has 1 aromatic carbocycles. The van der Waals surface area contributed by atoms with Gasteiger partial charge in [-0.15, -0.1) is 6.58 Å². The third-order valence-corrected chi connectivity index (χ3v) is 3.15. The molecular formula is C15H19NO2. The molecule has 2 rings (SSSR count). The topological polar surface area (TPSA) is 29.5 Å². The van der Waals surface area contributed by atoms with E-state index in [2.05, 4.69) is 6.58 Å². The number of allylic oxidation sites excluding steroid dienone is 1. The lowest BCUT2D eigenvalue weighted by Crippen LogP contribution is -2.53. The Hall–Kier alpha value is -1.77. The summed E-state index contributed by atoms with van der Waals surface area (Å²) in [6, 6.07) is 9.42. The molecule has 1 fully saturated rings. The van der Waals surface area contributed by atoms with Gasteiger partial charge in [0.05, 0.1) is 12.5 Å². The normalized spacial score (nSPS) is 18.3. The van der Waals surface area contributed by atoms with E-state index in [0.717, 1.165) is 31.4 Å². The van der Waals surface area contributed by atoms with Crippen molar-refractivity contribution in [1.82, 2.24) is 5.06 Å². The van der Waals surface area contributed by atoms with E-state index in [1.807, 2.05) is 36.4 Å². The van der Waals surface area contributed by atoms with Crippen molar-refractivity contribution >= 4 is 5.91 Å². The summed E-state index contributed by atoms with van der Waals surface area (Å²) in [6.07, 6.45) is 6.12. The molecule has 1 atom stereocenters. The number of hydrogen-bond acceptors (Lipinski definition) is 2. The van der Waals surface area contributed by atoms with E-state index in [1.54, 1.807) is 0 Å². The third-order valence-electron chi connectivity index (χ3n) is 3.15. The summed E-state index contributed by atoms with van der Waals surface area (Å²) in [6.45, 7) is 4.40. The second-order valence-electron chi connectivity index (χ2n) is 4.57. The molecule has 3 nitrogen and oxygen atoms in total. The van der Waals surface area contributed by atoms with Crippen LogP contribution < -0.4 is 4.84 Å². The molecule has 0 unspecified atom stereocenters. The Bertz CT molecular complexity index is 402. The molecule has 96 valence electrons. The number of carbonyl (C=O) groups excluding carboxylic acids is 1. The zero-order chi connectivity index (χ0) is 12.8. The van der Waals surface area contributed by atoms with Crippen molar-refractivity contribution in [3.05, 3.63) is 43.0 Å². The van der Waals surface area contributed by atoms with E-state index in [1.165, 1.54) is 5.06 Å². The van der Waals surface area contributed by atoms with Crippen LogP contribution in [0.4, 0.5) is 0 Å².